The van der Waals surface area contributed by atoms with E-state index in [1.54, 1.807) is 24.3 Å². The van der Waals surface area contributed by atoms with Crippen molar-refractivity contribution in [3.8, 4) is 5.75 Å². The number of nitrogens with one attached hydrogen (secondary N) is 1. The van der Waals surface area contributed by atoms with Crippen molar-refractivity contribution in [2.24, 2.45) is 0 Å². The zero-order chi connectivity index (χ0) is 15.4. The van der Waals surface area contributed by atoms with Crippen LogP contribution in [0.4, 0.5) is 14.5 Å². The van der Waals surface area contributed by atoms with Gasteiger partial charge in [0.1, 0.15) is 0 Å². The molecule has 0 saturated carbocycles. The van der Waals surface area contributed by atoms with Gasteiger partial charge in [0.25, 0.3) is 5.91 Å². The summed E-state index contributed by atoms with van der Waals surface area (Å²) in [5.74, 6) is -2.98. The van der Waals surface area contributed by atoms with Crippen LogP contribution >= 0.6 is 31.9 Å². The first-order chi connectivity index (χ1) is 9.95. The number of hydrogen-bond donors (Lipinski definition) is 1. The highest BCUT2D eigenvalue weighted by molar-refractivity contribution is 9.10. The van der Waals surface area contributed by atoms with Gasteiger partial charge in [-0.05, 0) is 36.4 Å². The van der Waals surface area contributed by atoms with Crippen LogP contribution in [0.3, 0.4) is 0 Å². The van der Waals surface area contributed by atoms with Crippen LogP contribution in [0.25, 0.3) is 0 Å². The van der Waals surface area contributed by atoms with Gasteiger partial charge in [-0.25, -0.2) is 4.39 Å². The molecule has 0 fully saturated rings. The minimum absolute atomic E-state index is 0.324. The van der Waals surface area contributed by atoms with Crippen LogP contribution in [0.15, 0.2) is 45.3 Å². The molecule has 1 N–H and O–H groups in total. The summed E-state index contributed by atoms with van der Waals surface area (Å²) in [7, 11) is 0. The fourth-order valence-corrected chi connectivity index (χ4v) is 2.18. The summed E-state index contributed by atoms with van der Waals surface area (Å²) in [5, 5.41) is 2.58. The lowest BCUT2D eigenvalue weighted by Crippen LogP contribution is -2.20. The highest BCUT2D eigenvalue weighted by Gasteiger charge is 2.13. The second kappa shape index (κ2) is 7.00. The van der Waals surface area contributed by atoms with Crippen molar-refractivity contribution in [2.75, 3.05) is 11.9 Å². The van der Waals surface area contributed by atoms with Crippen LogP contribution in [0, 0.1) is 11.6 Å². The van der Waals surface area contributed by atoms with Gasteiger partial charge in [0.2, 0.25) is 5.82 Å². The van der Waals surface area contributed by atoms with Gasteiger partial charge in [-0.3, -0.25) is 4.79 Å². The average molecular weight is 421 g/mol. The molecule has 0 saturated heterocycles. The number of ether oxygens (including phenoxy) is 1. The topological polar surface area (TPSA) is 38.3 Å². The first-order valence-corrected chi connectivity index (χ1v) is 7.37. The Bertz CT molecular complexity index is 663. The Morgan fingerprint density at radius 1 is 1.10 bits per heavy atom. The summed E-state index contributed by atoms with van der Waals surface area (Å²) < 4.78 is 32.8. The summed E-state index contributed by atoms with van der Waals surface area (Å²) >= 11 is 6.30. The molecule has 1 amide bonds. The minimum Gasteiger partial charge on any atom is -0.481 e. The second-order valence-electron chi connectivity index (χ2n) is 4.04. The second-order valence-corrected chi connectivity index (χ2v) is 5.87. The van der Waals surface area contributed by atoms with E-state index in [9.17, 15) is 13.6 Å². The highest BCUT2D eigenvalue weighted by atomic mass is 79.9. The van der Waals surface area contributed by atoms with Crippen molar-refractivity contribution in [2.45, 2.75) is 0 Å². The molecule has 0 aliphatic rings. The van der Waals surface area contributed by atoms with Gasteiger partial charge >= 0.3 is 0 Å². The largest absolute Gasteiger partial charge is 0.481 e. The smallest absolute Gasteiger partial charge is 0.262 e. The standard InChI is InChI=1S/C14H9Br2F2NO2/c15-8-1-3-10(4-2-8)19-13(20)7-21-12-6-9(16)5-11(17)14(12)18/h1-6H,7H2,(H,19,20). The molecule has 0 aromatic heterocycles. The zero-order valence-electron chi connectivity index (χ0n) is 10.5. The maximum Gasteiger partial charge on any atom is 0.262 e. The summed E-state index contributed by atoms with van der Waals surface area (Å²) in [6, 6.07) is 9.15. The third-order valence-corrected chi connectivity index (χ3v) is 3.43. The molecule has 7 heteroatoms. The average Bonchev–Trinajstić information content (AvgIpc) is 2.44. The zero-order valence-corrected chi connectivity index (χ0v) is 13.7. The maximum absolute atomic E-state index is 13.4. The van der Waals surface area contributed by atoms with Gasteiger partial charge in [0.15, 0.2) is 18.2 Å². The van der Waals surface area contributed by atoms with Gasteiger partial charge in [0.05, 0.1) is 0 Å². The minimum atomic E-state index is -1.13. The SMILES string of the molecule is O=C(COc1cc(Br)cc(F)c1F)Nc1ccc(Br)cc1. The lowest BCUT2D eigenvalue weighted by atomic mass is 10.3. The van der Waals surface area contributed by atoms with E-state index in [0.29, 0.717) is 10.2 Å². The van der Waals surface area contributed by atoms with Crippen LogP contribution in [-0.2, 0) is 4.79 Å². The van der Waals surface area contributed by atoms with E-state index in [1.165, 1.54) is 6.07 Å². The van der Waals surface area contributed by atoms with Crippen molar-refractivity contribution in [3.05, 3.63) is 57.0 Å². The van der Waals surface area contributed by atoms with Crippen molar-refractivity contribution < 1.29 is 18.3 Å². The van der Waals surface area contributed by atoms with Crippen molar-refractivity contribution in [3.63, 3.8) is 0 Å². The lowest BCUT2D eigenvalue weighted by molar-refractivity contribution is -0.118. The van der Waals surface area contributed by atoms with Crippen molar-refractivity contribution >= 4 is 43.5 Å². The Morgan fingerprint density at radius 2 is 1.76 bits per heavy atom. The predicted molar refractivity (Wildman–Crippen MR) is 82.3 cm³/mol. The Kier molecular flexibility index (Phi) is 5.30. The van der Waals surface area contributed by atoms with Gasteiger partial charge in [-0.1, -0.05) is 31.9 Å². The molecule has 0 heterocycles. The predicted octanol–water partition coefficient (Wildman–Crippen LogP) is 4.51. The number of amides is 1. The van der Waals surface area contributed by atoms with E-state index >= 15 is 0 Å². The van der Waals surface area contributed by atoms with Crippen molar-refractivity contribution in [1.29, 1.82) is 0 Å². The quantitative estimate of drug-likeness (QED) is 0.739. The van der Waals surface area contributed by atoms with Gasteiger partial charge in [-0.2, -0.15) is 4.39 Å². The monoisotopic (exact) mass is 419 g/mol. The normalized spacial score (nSPS) is 10.3. The molecule has 0 aliphatic heterocycles. The molecule has 21 heavy (non-hydrogen) atoms. The molecule has 0 atom stereocenters. The fourth-order valence-electron chi connectivity index (χ4n) is 1.51. The number of carbonyl (C=O) groups is 1. The lowest BCUT2D eigenvalue weighted by Gasteiger charge is -2.09. The molecule has 3 nitrogen and oxygen atoms in total. The Hall–Kier alpha value is -1.47. The molecule has 2 aromatic rings. The van der Waals surface area contributed by atoms with Gasteiger partial charge < -0.3 is 10.1 Å². The van der Waals surface area contributed by atoms with E-state index in [-0.39, 0.29) is 5.75 Å². The van der Waals surface area contributed by atoms with Gasteiger partial charge in [-0.15, -0.1) is 0 Å². The van der Waals surface area contributed by atoms with E-state index in [2.05, 4.69) is 37.2 Å². The molecule has 0 aliphatic carbocycles. The number of carbonyl (C=O) groups excluding carboxylic acids is 1. The number of halogens is 4. The maximum atomic E-state index is 13.4. The molecule has 0 bridgehead atoms. The van der Waals surface area contributed by atoms with E-state index in [4.69, 9.17) is 4.74 Å². The summed E-state index contributed by atoms with van der Waals surface area (Å²) in [4.78, 5) is 11.7. The van der Waals surface area contributed by atoms with Gasteiger partial charge in [0, 0.05) is 14.6 Å². The molecule has 0 spiro atoms. The summed E-state index contributed by atoms with van der Waals surface area (Å²) in [5.41, 5.74) is 0.577. The summed E-state index contributed by atoms with van der Waals surface area (Å²) in [6.07, 6.45) is 0. The first-order valence-electron chi connectivity index (χ1n) is 5.78. The van der Waals surface area contributed by atoms with Crippen LogP contribution < -0.4 is 10.1 Å². The summed E-state index contributed by atoms with van der Waals surface area (Å²) in [6.45, 7) is -0.428. The molecule has 0 radical (unpaired) electrons. The van der Waals surface area contributed by atoms with E-state index < -0.39 is 24.1 Å². The number of rotatable bonds is 4. The fraction of sp³-hybridized carbons (Fsp3) is 0.0714. The molecular weight excluding hydrogens is 412 g/mol. The molecular formula is C14H9Br2F2NO2. The van der Waals surface area contributed by atoms with Crippen molar-refractivity contribution in [1.82, 2.24) is 0 Å². The molecule has 110 valence electrons. The van der Waals surface area contributed by atoms with Crippen LogP contribution in [0.5, 0.6) is 5.75 Å². The van der Waals surface area contributed by atoms with Crippen LogP contribution in [-0.4, -0.2) is 12.5 Å². The van der Waals surface area contributed by atoms with E-state index in [0.717, 1.165) is 10.5 Å². The third kappa shape index (κ3) is 4.50. The molecule has 0 unspecified atom stereocenters. The first kappa shape index (κ1) is 15.9. The number of hydrogen-bond acceptors (Lipinski definition) is 2. The highest BCUT2D eigenvalue weighted by Crippen LogP contribution is 2.25. The Labute approximate surface area is 136 Å². The Morgan fingerprint density at radius 3 is 2.43 bits per heavy atom. The van der Waals surface area contributed by atoms with Crippen LogP contribution in [0.1, 0.15) is 0 Å². The molecule has 2 rings (SSSR count). The Balaban J connectivity index is 1.97. The third-order valence-electron chi connectivity index (χ3n) is 2.45. The van der Waals surface area contributed by atoms with E-state index in [1.807, 2.05) is 0 Å². The van der Waals surface area contributed by atoms with Crippen LogP contribution in [0.2, 0.25) is 0 Å². The number of anilines is 1. The number of benzene rings is 2. The molecule has 2 aromatic carbocycles.